The Hall–Kier alpha value is -2.93. The van der Waals surface area contributed by atoms with Crippen LogP contribution in [0.4, 0.5) is 11.4 Å². The molecule has 2 rings (SSSR count). The predicted octanol–water partition coefficient (Wildman–Crippen LogP) is 4.17. The van der Waals surface area contributed by atoms with Gasteiger partial charge < -0.3 is 14.8 Å². The van der Waals surface area contributed by atoms with Gasteiger partial charge in [-0.25, -0.2) is 0 Å². The van der Waals surface area contributed by atoms with E-state index in [0.29, 0.717) is 30.2 Å². The van der Waals surface area contributed by atoms with Gasteiger partial charge in [-0.1, -0.05) is 19.4 Å². The van der Waals surface area contributed by atoms with Gasteiger partial charge >= 0.3 is 0 Å². The van der Waals surface area contributed by atoms with E-state index in [-0.39, 0.29) is 11.6 Å². The largest absolute Gasteiger partial charge is 0.496 e. The van der Waals surface area contributed by atoms with Crippen molar-refractivity contribution in [3.63, 3.8) is 0 Å². The van der Waals surface area contributed by atoms with Crippen molar-refractivity contribution in [1.82, 2.24) is 0 Å². The van der Waals surface area contributed by atoms with E-state index in [1.807, 2.05) is 0 Å². The number of unbranched alkanes of at least 4 members (excludes halogenated alkanes) is 1. The smallest absolute Gasteiger partial charge is 0.271 e. The first kappa shape index (κ1) is 19.4. The molecule has 7 heteroatoms. The molecule has 1 N–H and O–H groups in total. The highest BCUT2D eigenvalue weighted by Gasteiger charge is 2.12. The van der Waals surface area contributed by atoms with Crippen molar-refractivity contribution in [2.75, 3.05) is 19.0 Å². The highest BCUT2D eigenvalue weighted by molar-refractivity contribution is 6.04. The van der Waals surface area contributed by atoms with E-state index in [2.05, 4.69) is 12.2 Å². The molecule has 0 aliphatic carbocycles. The molecule has 0 bridgehead atoms. The molecule has 7 nitrogen and oxygen atoms in total. The van der Waals surface area contributed by atoms with Crippen LogP contribution in [0.25, 0.3) is 0 Å². The Balaban J connectivity index is 2.12. The van der Waals surface area contributed by atoms with Gasteiger partial charge in [0, 0.05) is 35.6 Å². The molecule has 138 valence electrons. The molecule has 0 atom stereocenters. The van der Waals surface area contributed by atoms with Gasteiger partial charge in [-0.15, -0.1) is 0 Å². The molecule has 0 aliphatic heterocycles. The van der Waals surface area contributed by atoms with Crippen LogP contribution in [0.15, 0.2) is 42.5 Å². The lowest BCUT2D eigenvalue weighted by Crippen LogP contribution is -2.13. The van der Waals surface area contributed by atoms with Crippen LogP contribution < -0.4 is 10.1 Å². The van der Waals surface area contributed by atoms with E-state index in [4.69, 9.17) is 9.47 Å². The standard InChI is InChI=1S/C19H22N2O5/c1-3-4-10-26-13-15-11-14(8-9-18(15)25-2)19(22)20-16-6-5-7-17(12-16)21(23)24/h5-9,11-12H,3-4,10,13H2,1-2H3,(H,20,22). The van der Waals surface area contributed by atoms with Crippen LogP contribution in [0.5, 0.6) is 5.75 Å². The number of hydrogen-bond acceptors (Lipinski definition) is 5. The summed E-state index contributed by atoms with van der Waals surface area (Å²) in [6.45, 7) is 3.08. The first-order valence-corrected chi connectivity index (χ1v) is 8.35. The predicted molar refractivity (Wildman–Crippen MR) is 98.6 cm³/mol. The lowest BCUT2D eigenvalue weighted by Gasteiger charge is -2.12. The summed E-state index contributed by atoms with van der Waals surface area (Å²) in [4.78, 5) is 22.8. The summed E-state index contributed by atoms with van der Waals surface area (Å²) < 4.78 is 10.9. The molecule has 0 aromatic heterocycles. The molecule has 0 saturated carbocycles. The van der Waals surface area contributed by atoms with Gasteiger partial charge in [0.25, 0.3) is 11.6 Å². The zero-order chi connectivity index (χ0) is 18.9. The molecule has 1 amide bonds. The SMILES string of the molecule is CCCCOCc1cc(C(=O)Nc2cccc([N+](=O)[O-])c2)ccc1OC. The fourth-order valence-electron chi connectivity index (χ4n) is 2.36. The summed E-state index contributed by atoms with van der Waals surface area (Å²) in [7, 11) is 1.56. The Kier molecular flexibility index (Phi) is 7.11. The Morgan fingerprint density at radius 2 is 2.04 bits per heavy atom. The van der Waals surface area contributed by atoms with Gasteiger partial charge in [0.05, 0.1) is 18.6 Å². The zero-order valence-corrected chi connectivity index (χ0v) is 14.9. The van der Waals surface area contributed by atoms with Crippen molar-refractivity contribution in [2.45, 2.75) is 26.4 Å². The fraction of sp³-hybridized carbons (Fsp3) is 0.316. The van der Waals surface area contributed by atoms with Gasteiger partial charge in [-0.2, -0.15) is 0 Å². The number of anilines is 1. The minimum atomic E-state index is -0.505. The second-order valence-corrected chi connectivity index (χ2v) is 5.69. The van der Waals surface area contributed by atoms with E-state index >= 15 is 0 Å². The van der Waals surface area contributed by atoms with Crippen LogP contribution in [-0.4, -0.2) is 24.5 Å². The third-order valence-electron chi connectivity index (χ3n) is 3.76. The van der Waals surface area contributed by atoms with Crippen molar-refractivity contribution >= 4 is 17.3 Å². The number of benzene rings is 2. The van der Waals surface area contributed by atoms with Crippen LogP contribution in [0.2, 0.25) is 0 Å². The molecule has 26 heavy (non-hydrogen) atoms. The Morgan fingerprint density at radius 1 is 1.23 bits per heavy atom. The summed E-state index contributed by atoms with van der Waals surface area (Å²) in [5, 5.41) is 13.5. The number of nitro groups is 1. The van der Waals surface area contributed by atoms with Gasteiger partial charge in [-0.05, 0) is 30.7 Å². The molecule has 0 fully saturated rings. The Bertz CT molecular complexity index is 776. The normalized spacial score (nSPS) is 10.4. The van der Waals surface area contributed by atoms with Gasteiger partial charge in [0.15, 0.2) is 0 Å². The number of hydrogen-bond donors (Lipinski definition) is 1. The van der Waals surface area contributed by atoms with Crippen molar-refractivity contribution in [3.8, 4) is 5.75 Å². The summed E-state index contributed by atoms with van der Waals surface area (Å²) >= 11 is 0. The quantitative estimate of drug-likeness (QED) is 0.413. The fourth-order valence-corrected chi connectivity index (χ4v) is 2.36. The summed E-state index contributed by atoms with van der Waals surface area (Å²) in [5.41, 5.74) is 1.48. The maximum absolute atomic E-state index is 12.5. The maximum atomic E-state index is 12.5. The third kappa shape index (κ3) is 5.29. The average Bonchev–Trinajstić information content (AvgIpc) is 2.65. The molecule has 2 aromatic carbocycles. The minimum absolute atomic E-state index is 0.0810. The number of nitrogens with zero attached hydrogens (tertiary/aromatic N) is 1. The van der Waals surface area contributed by atoms with Crippen LogP contribution in [0, 0.1) is 10.1 Å². The monoisotopic (exact) mass is 358 g/mol. The second-order valence-electron chi connectivity index (χ2n) is 5.69. The van der Waals surface area contributed by atoms with Crippen molar-refractivity contribution in [3.05, 3.63) is 63.7 Å². The van der Waals surface area contributed by atoms with Crippen LogP contribution in [0.3, 0.4) is 0 Å². The maximum Gasteiger partial charge on any atom is 0.271 e. The van der Waals surface area contributed by atoms with E-state index in [9.17, 15) is 14.9 Å². The van der Waals surface area contributed by atoms with Gasteiger partial charge in [0.2, 0.25) is 0 Å². The molecular formula is C19H22N2O5. The highest BCUT2D eigenvalue weighted by Crippen LogP contribution is 2.23. The number of methoxy groups -OCH3 is 1. The highest BCUT2D eigenvalue weighted by atomic mass is 16.6. The van der Waals surface area contributed by atoms with Crippen LogP contribution in [0.1, 0.15) is 35.7 Å². The molecule has 0 heterocycles. The van der Waals surface area contributed by atoms with E-state index in [0.717, 1.165) is 18.4 Å². The van der Waals surface area contributed by atoms with Gasteiger partial charge in [0.1, 0.15) is 5.75 Å². The Morgan fingerprint density at radius 3 is 2.73 bits per heavy atom. The minimum Gasteiger partial charge on any atom is -0.496 e. The number of carbonyl (C=O) groups excluding carboxylic acids is 1. The van der Waals surface area contributed by atoms with Crippen molar-refractivity contribution in [1.29, 1.82) is 0 Å². The molecule has 0 spiro atoms. The number of carbonyl (C=O) groups is 1. The number of nitrogens with one attached hydrogen (secondary N) is 1. The summed E-state index contributed by atoms with van der Waals surface area (Å²) in [5.74, 6) is 0.288. The molecule has 2 aromatic rings. The second kappa shape index (κ2) is 9.53. The summed E-state index contributed by atoms with van der Waals surface area (Å²) in [6, 6.07) is 10.9. The third-order valence-corrected chi connectivity index (χ3v) is 3.76. The summed E-state index contributed by atoms with van der Waals surface area (Å²) in [6.07, 6.45) is 2.01. The zero-order valence-electron chi connectivity index (χ0n) is 14.9. The first-order chi connectivity index (χ1) is 12.5. The Labute approximate surface area is 152 Å². The van der Waals surface area contributed by atoms with Gasteiger partial charge in [-0.3, -0.25) is 14.9 Å². The van der Waals surface area contributed by atoms with E-state index in [1.165, 1.54) is 18.2 Å². The topological polar surface area (TPSA) is 90.7 Å². The number of non-ortho nitro benzene ring substituents is 1. The van der Waals surface area contributed by atoms with E-state index < -0.39 is 4.92 Å². The molecule has 0 unspecified atom stereocenters. The van der Waals surface area contributed by atoms with Crippen molar-refractivity contribution in [2.24, 2.45) is 0 Å². The number of rotatable bonds is 9. The lowest BCUT2D eigenvalue weighted by atomic mass is 10.1. The lowest BCUT2D eigenvalue weighted by molar-refractivity contribution is -0.384. The number of ether oxygens (including phenoxy) is 2. The number of nitro benzene ring substituents is 1. The molecule has 0 aliphatic rings. The van der Waals surface area contributed by atoms with E-state index in [1.54, 1.807) is 31.4 Å². The molecular weight excluding hydrogens is 336 g/mol. The van der Waals surface area contributed by atoms with Crippen molar-refractivity contribution < 1.29 is 19.2 Å². The average molecular weight is 358 g/mol. The molecule has 0 saturated heterocycles. The number of amides is 1. The molecule has 0 radical (unpaired) electrons. The van der Waals surface area contributed by atoms with Crippen LogP contribution >= 0.6 is 0 Å². The van der Waals surface area contributed by atoms with Crippen LogP contribution in [-0.2, 0) is 11.3 Å². The first-order valence-electron chi connectivity index (χ1n) is 8.35.